The smallest absolute Gasteiger partial charge is 0.261 e. The van der Waals surface area contributed by atoms with E-state index in [4.69, 9.17) is 9.47 Å². The van der Waals surface area contributed by atoms with Crippen molar-refractivity contribution in [2.75, 3.05) is 18.6 Å². The molecule has 4 nitrogen and oxygen atoms in total. The molecule has 3 aromatic rings. The van der Waals surface area contributed by atoms with E-state index in [9.17, 15) is 4.79 Å². The van der Waals surface area contributed by atoms with E-state index in [-0.39, 0.29) is 5.91 Å². The SMILES string of the molecule is COc1ccc2c(c1)C(OC/C=C/c1ccccc1)C(=O)N2Cc1ccc(C)cc1. The van der Waals surface area contributed by atoms with Crippen LogP contribution in [0.25, 0.3) is 6.08 Å². The maximum atomic E-state index is 13.2. The average Bonchev–Trinajstić information content (AvgIpc) is 3.03. The molecule has 0 fully saturated rings. The first-order valence-corrected chi connectivity index (χ1v) is 10.0. The lowest BCUT2D eigenvalue weighted by molar-refractivity contribution is -0.128. The largest absolute Gasteiger partial charge is 0.497 e. The molecular weight excluding hydrogens is 374 g/mol. The fraction of sp³-hybridized carbons (Fsp3) is 0.192. The molecule has 4 rings (SSSR count). The number of benzene rings is 3. The third-order valence-corrected chi connectivity index (χ3v) is 5.23. The molecule has 0 radical (unpaired) electrons. The molecule has 3 aromatic carbocycles. The highest BCUT2D eigenvalue weighted by atomic mass is 16.5. The van der Waals surface area contributed by atoms with E-state index >= 15 is 0 Å². The van der Waals surface area contributed by atoms with Gasteiger partial charge in [-0.05, 0) is 36.2 Å². The molecule has 4 heteroatoms. The third-order valence-electron chi connectivity index (χ3n) is 5.23. The van der Waals surface area contributed by atoms with Gasteiger partial charge in [-0.15, -0.1) is 0 Å². The lowest BCUT2D eigenvalue weighted by Gasteiger charge is -2.18. The van der Waals surface area contributed by atoms with Crippen molar-refractivity contribution in [3.05, 3.63) is 101 Å². The highest BCUT2D eigenvalue weighted by Gasteiger charge is 2.38. The summed E-state index contributed by atoms with van der Waals surface area (Å²) in [4.78, 5) is 15.0. The summed E-state index contributed by atoms with van der Waals surface area (Å²) in [6.07, 6.45) is 3.29. The summed E-state index contributed by atoms with van der Waals surface area (Å²) in [5, 5.41) is 0. The van der Waals surface area contributed by atoms with Crippen molar-refractivity contribution in [1.29, 1.82) is 0 Å². The van der Waals surface area contributed by atoms with Crippen molar-refractivity contribution in [2.24, 2.45) is 0 Å². The molecule has 152 valence electrons. The summed E-state index contributed by atoms with van der Waals surface area (Å²) in [5.41, 5.74) is 5.10. The number of rotatable bonds is 7. The van der Waals surface area contributed by atoms with E-state index in [1.807, 2.05) is 60.7 Å². The van der Waals surface area contributed by atoms with Crippen LogP contribution >= 0.6 is 0 Å². The highest BCUT2D eigenvalue weighted by molar-refractivity contribution is 6.04. The average molecular weight is 399 g/mol. The van der Waals surface area contributed by atoms with E-state index in [0.717, 1.165) is 22.4 Å². The Morgan fingerprint density at radius 3 is 2.50 bits per heavy atom. The number of fused-ring (bicyclic) bond motifs is 1. The molecule has 1 atom stereocenters. The number of amides is 1. The number of hydrogen-bond donors (Lipinski definition) is 0. The second kappa shape index (κ2) is 8.97. The van der Waals surface area contributed by atoms with Crippen LogP contribution in [0.2, 0.25) is 0 Å². The zero-order chi connectivity index (χ0) is 20.9. The standard InChI is InChI=1S/C26H25NO3/c1-19-10-12-21(13-11-19)18-27-24-15-14-22(29-2)17-23(24)25(26(27)28)30-16-6-9-20-7-4-3-5-8-20/h3-15,17,25H,16,18H2,1-2H3/b9-6+. The molecule has 1 heterocycles. The number of carbonyl (C=O) groups is 1. The Labute approximate surface area is 177 Å². The molecule has 0 saturated carbocycles. The van der Waals surface area contributed by atoms with Crippen molar-refractivity contribution in [1.82, 2.24) is 0 Å². The quantitative estimate of drug-likeness (QED) is 0.540. The normalized spacial score (nSPS) is 15.6. The molecule has 0 spiro atoms. The second-order valence-corrected chi connectivity index (χ2v) is 7.36. The van der Waals surface area contributed by atoms with Crippen molar-refractivity contribution in [3.8, 4) is 5.75 Å². The summed E-state index contributed by atoms with van der Waals surface area (Å²) in [5.74, 6) is 0.666. The van der Waals surface area contributed by atoms with Gasteiger partial charge in [0, 0.05) is 5.56 Å². The molecule has 0 aromatic heterocycles. The van der Waals surface area contributed by atoms with E-state index in [2.05, 4.69) is 31.2 Å². The Bertz CT molecular complexity index is 1040. The molecule has 30 heavy (non-hydrogen) atoms. The summed E-state index contributed by atoms with van der Waals surface area (Å²) < 4.78 is 11.4. The topological polar surface area (TPSA) is 38.8 Å². The summed E-state index contributed by atoms with van der Waals surface area (Å²) in [6, 6.07) is 24.0. The van der Waals surface area contributed by atoms with Crippen LogP contribution in [0.1, 0.15) is 28.4 Å². The maximum Gasteiger partial charge on any atom is 0.261 e. The molecule has 0 saturated heterocycles. The number of methoxy groups -OCH3 is 1. The van der Waals surface area contributed by atoms with Crippen LogP contribution in [-0.4, -0.2) is 19.6 Å². The molecule has 0 N–H and O–H groups in total. The molecule has 1 unspecified atom stereocenters. The Morgan fingerprint density at radius 1 is 1.00 bits per heavy atom. The second-order valence-electron chi connectivity index (χ2n) is 7.36. The Hall–Kier alpha value is -3.37. The minimum absolute atomic E-state index is 0.0491. The van der Waals surface area contributed by atoms with Gasteiger partial charge < -0.3 is 14.4 Å². The van der Waals surface area contributed by atoms with Gasteiger partial charge in [-0.3, -0.25) is 4.79 Å². The first kappa shape index (κ1) is 19.9. The fourth-order valence-electron chi connectivity index (χ4n) is 3.61. The minimum atomic E-state index is -0.638. The van der Waals surface area contributed by atoms with Gasteiger partial charge >= 0.3 is 0 Å². The monoisotopic (exact) mass is 399 g/mol. The highest BCUT2D eigenvalue weighted by Crippen LogP contribution is 2.41. The van der Waals surface area contributed by atoms with Gasteiger partial charge in [0.2, 0.25) is 0 Å². The van der Waals surface area contributed by atoms with Crippen molar-refractivity contribution in [3.63, 3.8) is 0 Å². The van der Waals surface area contributed by atoms with Gasteiger partial charge in [0.05, 0.1) is 25.9 Å². The van der Waals surface area contributed by atoms with Crippen LogP contribution in [0.4, 0.5) is 5.69 Å². The van der Waals surface area contributed by atoms with E-state index in [0.29, 0.717) is 18.9 Å². The zero-order valence-corrected chi connectivity index (χ0v) is 17.2. The van der Waals surface area contributed by atoms with Gasteiger partial charge in [-0.1, -0.05) is 72.3 Å². The molecule has 0 aliphatic carbocycles. The lowest BCUT2D eigenvalue weighted by atomic mass is 10.1. The zero-order valence-electron chi connectivity index (χ0n) is 17.2. The van der Waals surface area contributed by atoms with Crippen molar-refractivity contribution < 1.29 is 14.3 Å². The number of anilines is 1. The van der Waals surface area contributed by atoms with Crippen LogP contribution in [0.15, 0.2) is 78.9 Å². The summed E-state index contributed by atoms with van der Waals surface area (Å²) in [7, 11) is 1.63. The van der Waals surface area contributed by atoms with Gasteiger partial charge in [0.15, 0.2) is 6.10 Å². The first-order chi connectivity index (χ1) is 14.7. The number of aryl methyl sites for hydroxylation is 1. The number of hydrogen-bond acceptors (Lipinski definition) is 3. The first-order valence-electron chi connectivity index (χ1n) is 10.0. The van der Waals surface area contributed by atoms with Gasteiger partial charge in [-0.2, -0.15) is 0 Å². The van der Waals surface area contributed by atoms with Crippen molar-refractivity contribution >= 4 is 17.7 Å². The van der Waals surface area contributed by atoms with Crippen LogP contribution in [0, 0.1) is 6.92 Å². The van der Waals surface area contributed by atoms with Gasteiger partial charge in [-0.25, -0.2) is 0 Å². The summed E-state index contributed by atoms with van der Waals surface area (Å²) >= 11 is 0. The Morgan fingerprint density at radius 2 is 1.77 bits per heavy atom. The molecule has 1 aliphatic rings. The Kier molecular flexibility index (Phi) is 5.96. The molecule has 1 amide bonds. The van der Waals surface area contributed by atoms with Gasteiger partial charge in [0.25, 0.3) is 5.91 Å². The van der Waals surface area contributed by atoms with E-state index in [1.54, 1.807) is 12.0 Å². The summed E-state index contributed by atoms with van der Waals surface area (Å²) in [6.45, 7) is 2.91. The van der Waals surface area contributed by atoms with Crippen LogP contribution in [0.5, 0.6) is 5.75 Å². The van der Waals surface area contributed by atoms with Gasteiger partial charge in [0.1, 0.15) is 5.75 Å². The number of nitrogens with zero attached hydrogens (tertiary/aromatic N) is 1. The van der Waals surface area contributed by atoms with Crippen LogP contribution in [0.3, 0.4) is 0 Å². The molecule has 0 bridgehead atoms. The lowest BCUT2D eigenvalue weighted by Crippen LogP contribution is -2.29. The third kappa shape index (κ3) is 4.29. The maximum absolute atomic E-state index is 13.2. The fourth-order valence-corrected chi connectivity index (χ4v) is 3.61. The van der Waals surface area contributed by atoms with E-state index in [1.165, 1.54) is 5.56 Å². The van der Waals surface area contributed by atoms with Crippen molar-refractivity contribution in [2.45, 2.75) is 19.6 Å². The predicted octanol–water partition coefficient (Wildman–Crippen LogP) is 5.32. The van der Waals surface area contributed by atoms with Crippen LogP contribution < -0.4 is 9.64 Å². The number of ether oxygens (including phenoxy) is 2. The van der Waals surface area contributed by atoms with E-state index < -0.39 is 6.10 Å². The van der Waals surface area contributed by atoms with Crippen LogP contribution in [-0.2, 0) is 16.1 Å². The molecule has 1 aliphatic heterocycles. The number of carbonyl (C=O) groups excluding carboxylic acids is 1. The Balaban J connectivity index is 1.54. The molecular formula is C26H25NO3. The predicted molar refractivity (Wildman–Crippen MR) is 120 cm³/mol. The minimum Gasteiger partial charge on any atom is -0.497 e.